The molecular formula is C23H29NO7S. The van der Waals surface area contributed by atoms with Crippen molar-refractivity contribution in [3.63, 3.8) is 0 Å². The quantitative estimate of drug-likeness (QED) is 0.424. The fourth-order valence-electron chi connectivity index (χ4n) is 4.26. The van der Waals surface area contributed by atoms with Gasteiger partial charge in [0.05, 0.1) is 45.8 Å². The van der Waals surface area contributed by atoms with Gasteiger partial charge in [-0.05, 0) is 30.5 Å². The van der Waals surface area contributed by atoms with Crippen molar-refractivity contribution in [3.8, 4) is 17.2 Å². The fraction of sp³-hybridized carbons (Fsp3) is 0.435. The molecule has 0 amide bonds. The van der Waals surface area contributed by atoms with Crippen molar-refractivity contribution in [1.29, 1.82) is 0 Å². The van der Waals surface area contributed by atoms with Crippen molar-refractivity contribution in [3.05, 3.63) is 53.6 Å². The van der Waals surface area contributed by atoms with E-state index in [2.05, 4.69) is 5.32 Å². The second-order valence-electron chi connectivity index (χ2n) is 7.81. The first-order chi connectivity index (χ1) is 15.2. The van der Waals surface area contributed by atoms with Crippen molar-refractivity contribution in [2.45, 2.75) is 24.3 Å². The van der Waals surface area contributed by atoms with Crippen LogP contribution in [0.5, 0.6) is 17.2 Å². The molecule has 9 heteroatoms. The summed E-state index contributed by atoms with van der Waals surface area (Å²) in [4.78, 5) is 13.5. The highest BCUT2D eigenvalue weighted by molar-refractivity contribution is 7.85. The number of benzene rings is 2. The first kappa shape index (κ1) is 24.0. The molecule has 2 atom stereocenters. The summed E-state index contributed by atoms with van der Waals surface area (Å²) >= 11 is 0. The van der Waals surface area contributed by atoms with Crippen LogP contribution < -0.4 is 19.5 Å². The Labute approximate surface area is 188 Å². The molecule has 1 fully saturated rings. The Morgan fingerprint density at radius 1 is 1.03 bits per heavy atom. The normalized spacial score (nSPS) is 20.7. The zero-order chi connectivity index (χ0) is 23.4. The lowest BCUT2D eigenvalue weighted by molar-refractivity contribution is 0.0944. The molecule has 8 nitrogen and oxygen atoms in total. The molecule has 3 rings (SSSR count). The fourth-order valence-corrected chi connectivity index (χ4v) is 4.64. The van der Waals surface area contributed by atoms with Crippen LogP contribution in [0.3, 0.4) is 0 Å². The van der Waals surface area contributed by atoms with Gasteiger partial charge < -0.3 is 19.5 Å². The minimum atomic E-state index is -3.55. The van der Waals surface area contributed by atoms with Crippen LogP contribution in [0.4, 0.5) is 0 Å². The van der Waals surface area contributed by atoms with E-state index in [4.69, 9.17) is 18.4 Å². The van der Waals surface area contributed by atoms with Gasteiger partial charge in [0.15, 0.2) is 17.3 Å². The van der Waals surface area contributed by atoms with Crippen LogP contribution in [-0.2, 0) is 19.7 Å². The summed E-state index contributed by atoms with van der Waals surface area (Å²) in [7, 11) is 0.937. The van der Waals surface area contributed by atoms with Crippen molar-refractivity contribution < 1.29 is 31.6 Å². The molecule has 1 heterocycles. The maximum atomic E-state index is 13.5. The number of ether oxygens (including phenoxy) is 3. The van der Waals surface area contributed by atoms with Gasteiger partial charge in [0.2, 0.25) is 5.75 Å². The summed E-state index contributed by atoms with van der Waals surface area (Å²) in [5.41, 5.74) is 0.967. The second-order valence-corrected chi connectivity index (χ2v) is 9.45. The predicted molar refractivity (Wildman–Crippen MR) is 120 cm³/mol. The van der Waals surface area contributed by atoms with E-state index in [9.17, 15) is 13.2 Å². The maximum Gasteiger partial charge on any atom is 0.264 e. The first-order valence-corrected chi connectivity index (χ1v) is 12.0. The third kappa shape index (κ3) is 5.06. The van der Waals surface area contributed by atoms with Gasteiger partial charge in [-0.25, -0.2) is 0 Å². The molecule has 0 saturated carbocycles. The predicted octanol–water partition coefficient (Wildman–Crippen LogP) is 2.56. The van der Waals surface area contributed by atoms with E-state index in [1.165, 1.54) is 21.3 Å². The first-order valence-electron chi connectivity index (χ1n) is 10.2. The standard InChI is InChI=1S/C23H29NO7S/c1-28-19-11-10-17(21(29-2)22(19)30-3)20(25)18-14-23(15-24-18,12-13-31-32(4,26)27)16-8-6-5-7-9-16/h5-11,18,24H,12-15H2,1-4H3. The van der Waals surface area contributed by atoms with Crippen LogP contribution in [0.2, 0.25) is 0 Å². The number of nitrogens with one attached hydrogen (secondary N) is 1. The number of rotatable bonds is 10. The van der Waals surface area contributed by atoms with Crippen LogP contribution in [0.15, 0.2) is 42.5 Å². The number of hydrogen-bond acceptors (Lipinski definition) is 8. The van der Waals surface area contributed by atoms with E-state index in [1.807, 2.05) is 30.3 Å². The number of ketones is 1. The van der Waals surface area contributed by atoms with Gasteiger partial charge in [-0.2, -0.15) is 8.42 Å². The van der Waals surface area contributed by atoms with E-state index < -0.39 is 21.6 Å². The molecule has 32 heavy (non-hydrogen) atoms. The molecule has 0 aliphatic carbocycles. The van der Waals surface area contributed by atoms with Crippen molar-refractivity contribution in [2.24, 2.45) is 0 Å². The average Bonchev–Trinajstić information content (AvgIpc) is 3.22. The topological polar surface area (TPSA) is 100 Å². The molecule has 0 spiro atoms. The molecule has 0 bridgehead atoms. The van der Waals surface area contributed by atoms with Gasteiger partial charge in [-0.3, -0.25) is 8.98 Å². The van der Waals surface area contributed by atoms with Gasteiger partial charge >= 0.3 is 0 Å². The van der Waals surface area contributed by atoms with Crippen LogP contribution in [0, 0.1) is 0 Å². The maximum absolute atomic E-state index is 13.5. The Balaban J connectivity index is 1.90. The molecule has 1 aliphatic rings. The summed E-state index contributed by atoms with van der Waals surface area (Å²) in [6.45, 7) is 0.548. The third-order valence-corrected chi connectivity index (χ3v) is 6.43. The lowest BCUT2D eigenvalue weighted by Gasteiger charge is -2.29. The van der Waals surface area contributed by atoms with Crippen LogP contribution in [0.25, 0.3) is 0 Å². The van der Waals surface area contributed by atoms with Gasteiger partial charge in [-0.1, -0.05) is 30.3 Å². The Bertz CT molecular complexity index is 1060. The third-order valence-electron chi connectivity index (χ3n) is 5.83. The van der Waals surface area contributed by atoms with E-state index in [0.29, 0.717) is 42.2 Å². The second kappa shape index (κ2) is 9.89. The Kier molecular flexibility index (Phi) is 7.43. The largest absolute Gasteiger partial charge is 0.493 e. The molecule has 174 valence electrons. The van der Waals surface area contributed by atoms with Crippen LogP contribution in [0.1, 0.15) is 28.8 Å². The SMILES string of the molecule is COc1ccc(C(=O)C2CC(CCOS(C)(=O)=O)(c3ccccc3)CN2)c(OC)c1OC. The van der Waals surface area contributed by atoms with Crippen molar-refractivity contribution in [2.75, 3.05) is 40.7 Å². The molecule has 2 aromatic carbocycles. The average molecular weight is 464 g/mol. The Morgan fingerprint density at radius 2 is 1.72 bits per heavy atom. The smallest absolute Gasteiger partial charge is 0.264 e. The minimum Gasteiger partial charge on any atom is -0.493 e. The minimum absolute atomic E-state index is 0.0377. The zero-order valence-corrected chi connectivity index (χ0v) is 19.5. The van der Waals surface area contributed by atoms with Gasteiger partial charge in [0, 0.05) is 12.0 Å². The highest BCUT2D eigenvalue weighted by Crippen LogP contribution is 2.42. The number of hydrogen-bond donors (Lipinski definition) is 1. The molecule has 2 unspecified atom stereocenters. The van der Waals surface area contributed by atoms with E-state index >= 15 is 0 Å². The molecule has 1 saturated heterocycles. The molecular weight excluding hydrogens is 434 g/mol. The molecule has 1 aliphatic heterocycles. The summed E-state index contributed by atoms with van der Waals surface area (Å²) < 4.78 is 44.1. The Morgan fingerprint density at radius 3 is 2.31 bits per heavy atom. The van der Waals surface area contributed by atoms with Crippen LogP contribution in [-0.4, -0.2) is 61.0 Å². The van der Waals surface area contributed by atoms with E-state index in [1.54, 1.807) is 12.1 Å². The highest BCUT2D eigenvalue weighted by Gasteiger charge is 2.43. The zero-order valence-electron chi connectivity index (χ0n) is 18.7. The molecule has 0 radical (unpaired) electrons. The monoisotopic (exact) mass is 463 g/mol. The van der Waals surface area contributed by atoms with E-state index in [0.717, 1.165) is 11.8 Å². The molecule has 0 aromatic heterocycles. The van der Waals surface area contributed by atoms with Crippen molar-refractivity contribution >= 4 is 15.9 Å². The Hall–Kier alpha value is -2.62. The van der Waals surface area contributed by atoms with E-state index in [-0.39, 0.29) is 12.4 Å². The lowest BCUT2D eigenvalue weighted by atomic mass is 9.75. The molecule has 2 aromatic rings. The van der Waals surface area contributed by atoms with Gasteiger partial charge in [0.25, 0.3) is 10.1 Å². The summed E-state index contributed by atoms with van der Waals surface area (Å²) in [6, 6.07) is 12.6. The number of carbonyl (C=O) groups excluding carboxylic acids is 1. The summed E-state index contributed by atoms with van der Waals surface area (Å²) in [6.07, 6.45) is 1.97. The molecule has 1 N–H and O–H groups in total. The van der Waals surface area contributed by atoms with Gasteiger partial charge in [0.1, 0.15) is 0 Å². The summed E-state index contributed by atoms with van der Waals surface area (Å²) in [5, 5.41) is 3.33. The highest BCUT2D eigenvalue weighted by atomic mass is 32.2. The van der Waals surface area contributed by atoms with Crippen LogP contribution >= 0.6 is 0 Å². The number of Topliss-reactive ketones (excluding diaryl/α,β-unsaturated/α-hetero) is 1. The lowest BCUT2D eigenvalue weighted by Crippen LogP contribution is -2.31. The number of methoxy groups -OCH3 is 3. The van der Waals surface area contributed by atoms with Gasteiger partial charge in [-0.15, -0.1) is 0 Å². The summed E-state index contributed by atoms with van der Waals surface area (Å²) in [5.74, 6) is 1.01. The number of carbonyl (C=O) groups is 1. The van der Waals surface area contributed by atoms with Crippen molar-refractivity contribution in [1.82, 2.24) is 5.32 Å².